The van der Waals surface area contributed by atoms with Crippen LogP contribution in [0.2, 0.25) is 5.15 Å². The topological polar surface area (TPSA) is 54.0 Å². The Morgan fingerprint density at radius 3 is 3.06 bits per heavy atom. The number of aryl methyl sites for hydroxylation is 1. The van der Waals surface area contributed by atoms with Gasteiger partial charge >= 0.3 is 0 Å². The number of amides is 1. The largest absolute Gasteiger partial charge is 0.323 e. The van der Waals surface area contributed by atoms with Crippen molar-refractivity contribution >= 4 is 23.2 Å². The summed E-state index contributed by atoms with van der Waals surface area (Å²) < 4.78 is 0. The van der Waals surface area contributed by atoms with Crippen LogP contribution in [0.15, 0.2) is 12.3 Å². The molecule has 0 aromatic carbocycles. The number of carbonyl (C=O) groups is 1. The molecule has 1 aliphatic heterocycles. The maximum absolute atomic E-state index is 12.0. The van der Waals surface area contributed by atoms with Crippen LogP contribution in [0.4, 0.5) is 5.69 Å². The fourth-order valence-corrected chi connectivity index (χ4v) is 2.16. The number of hydrogen-bond acceptors (Lipinski definition) is 3. The van der Waals surface area contributed by atoms with Gasteiger partial charge in [0.25, 0.3) is 0 Å². The Morgan fingerprint density at radius 1 is 1.59 bits per heavy atom. The molecule has 92 valence electrons. The molecule has 17 heavy (non-hydrogen) atoms. The van der Waals surface area contributed by atoms with Crippen molar-refractivity contribution in [1.82, 2.24) is 10.3 Å². The van der Waals surface area contributed by atoms with Gasteiger partial charge in [-0.1, -0.05) is 18.0 Å². The smallest absolute Gasteiger partial charge is 0.241 e. The van der Waals surface area contributed by atoms with Crippen LogP contribution in [0, 0.1) is 6.92 Å². The van der Waals surface area contributed by atoms with E-state index in [1.807, 2.05) is 6.92 Å². The molecule has 1 saturated heterocycles. The van der Waals surface area contributed by atoms with Crippen LogP contribution in [0.5, 0.6) is 0 Å². The minimum absolute atomic E-state index is 0.0110. The van der Waals surface area contributed by atoms with Crippen molar-refractivity contribution in [2.24, 2.45) is 0 Å². The second kappa shape index (κ2) is 5.47. The highest BCUT2D eigenvalue weighted by atomic mass is 35.5. The normalized spacial score (nSPS) is 20.0. The van der Waals surface area contributed by atoms with Crippen LogP contribution in [-0.4, -0.2) is 23.5 Å². The van der Waals surface area contributed by atoms with E-state index in [1.165, 1.54) is 0 Å². The van der Waals surface area contributed by atoms with Gasteiger partial charge in [-0.05, 0) is 37.9 Å². The minimum atomic E-state index is -0.0844. The van der Waals surface area contributed by atoms with Gasteiger partial charge in [0.15, 0.2) is 0 Å². The lowest BCUT2D eigenvalue weighted by Crippen LogP contribution is -2.43. The third-order valence-electron chi connectivity index (χ3n) is 2.96. The predicted octanol–water partition coefficient (Wildman–Crippen LogP) is 2.12. The van der Waals surface area contributed by atoms with Gasteiger partial charge in [0, 0.05) is 0 Å². The van der Waals surface area contributed by atoms with Crippen LogP contribution < -0.4 is 10.6 Å². The van der Waals surface area contributed by atoms with E-state index in [1.54, 1.807) is 12.3 Å². The number of nitrogens with zero attached hydrogens (tertiary/aromatic N) is 1. The standard InChI is InChI=1S/C12H16ClN3O/c1-8-6-11(13)15-7-10(8)16-12(17)9-4-2-3-5-14-9/h6-7,9,14H,2-5H2,1H3,(H,16,17)/t9-/m1/s1. The molecule has 2 heterocycles. The van der Waals surface area contributed by atoms with Crippen molar-refractivity contribution in [2.45, 2.75) is 32.2 Å². The molecule has 2 rings (SSSR count). The van der Waals surface area contributed by atoms with Crippen molar-refractivity contribution in [1.29, 1.82) is 0 Å². The van der Waals surface area contributed by atoms with Gasteiger partial charge in [-0.25, -0.2) is 4.98 Å². The van der Waals surface area contributed by atoms with Crippen LogP contribution in [0.3, 0.4) is 0 Å². The highest BCUT2D eigenvalue weighted by molar-refractivity contribution is 6.29. The molecule has 0 unspecified atom stereocenters. The van der Waals surface area contributed by atoms with E-state index in [9.17, 15) is 4.79 Å². The van der Waals surface area contributed by atoms with Gasteiger partial charge in [0.1, 0.15) is 5.15 Å². The number of anilines is 1. The average Bonchev–Trinajstić information content (AvgIpc) is 2.34. The Labute approximate surface area is 106 Å². The fourth-order valence-electron chi connectivity index (χ4n) is 1.95. The second-order valence-corrected chi connectivity index (χ2v) is 4.70. The second-order valence-electron chi connectivity index (χ2n) is 4.31. The Morgan fingerprint density at radius 2 is 2.41 bits per heavy atom. The number of pyridine rings is 1. The van der Waals surface area contributed by atoms with Crippen LogP contribution in [-0.2, 0) is 4.79 Å². The molecule has 0 bridgehead atoms. The van der Waals surface area contributed by atoms with Gasteiger partial charge in [0.05, 0.1) is 17.9 Å². The van der Waals surface area contributed by atoms with Gasteiger partial charge in [-0.2, -0.15) is 0 Å². The predicted molar refractivity (Wildman–Crippen MR) is 68.3 cm³/mol. The summed E-state index contributed by atoms with van der Waals surface area (Å²) in [7, 11) is 0. The van der Waals surface area contributed by atoms with Crippen molar-refractivity contribution in [2.75, 3.05) is 11.9 Å². The minimum Gasteiger partial charge on any atom is -0.323 e. The summed E-state index contributed by atoms with van der Waals surface area (Å²) in [5, 5.41) is 6.54. The first-order valence-corrected chi connectivity index (χ1v) is 6.21. The zero-order chi connectivity index (χ0) is 12.3. The molecular formula is C12H16ClN3O. The molecule has 1 aliphatic rings. The average molecular weight is 254 g/mol. The highest BCUT2D eigenvalue weighted by Gasteiger charge is 2.20. The molecule has 1 atom stereocenters. The van der Waals surface area contributed by atoms with Gasteiger partial charge < -0.3 is 10.6 Å². The van der Waals surface area contributed by atoms with E-state index in [0.29, 0.717) is 5.15 Å². The van der Waals surface area contributed by atoms with E-state index in [2.05, 4.69) is 15.6 Å². The van der Waals surface area contributed by atoms with Gasteiger partial charge in [-0.15, -0.1) is 0 Å². The fraction of sp³-hybridized carbons (Fsp3) is 0.500. The molecule has 0 radical (unpaired) electrons. The third kappa shape index (κ3) is 3.17. The molecule has 1 fully saturated rings. The molecule has 1 aromatic rings. The van der Waals surface area contributed by atoms with E-state index in [0.717, 1.165) is 37.1 Å². The molecule has 2 N–H and O–H groups in total. The monoisotopic (exact) mass is 253 g/mol. The number of piperidine rings is 1. The summed E-state index contributed by atoms with van der Waals surface area (Å²) in [6.45, 7) is 2.81. The van der Waals surface area contributed by atoms with Crippen LogP contribution >= 0.6 is 11.6 Å². The lowest BCUT2D eigenvalue weighted by Gasteiger charge is -2.22. The van der Waals surface area contributed by atoms with E-state index in [4.69, 9.17) is 11.6 Å². The van der Waals surface area contributed by atoms with Crippen molar-refractivity contribution in [3.63, 3.8) is 0 Å². The maximum atomic E-state index is 12.0. The lowest BCUT2D eigenvalue weighted by atomic mass is 10.0. The first-order chi connectivity index (χ1) is 8.16. The summed E-state index contributed by atoms with van der Waals surface area (Å²) in [6.07, 6.45) is 4.73. The maximum Gasteiger partial charge on any atom is 0.241 e. The molecule has 0 aliphatic carbocycles. The number of rotatable bonds is 2. The zero-order valence-corrected chi connectivity index (χ0v) is 10.5. The molecule has 5 heteroatoms. The molecular weight excluding hydrogens is 238 g/mol. The van der Waals surface area contributed by atoms with Crippen molar-refractivity contribution in [3.8, 4) is 0 Å². The first-order valence-electron chi connectivity index (χ1n) is 5.83. The first kappa shape index (κ1) is 12.3. The highest BCUT2D eigenvalue weighted by Crippen LogP contribution is 2.17. The summed E-state index contributed by atoms with van der Waals surface area (Å²) in [4.78, 5) is 15.9. The SMILES string of the molecule is Cc1cc(Cl)ncc1NC(=O)[C@H]1CCCCN1. The van der Waals surface area contributed by atoms with Crippen LogP contribution in [0.25, 0.3) is 0 Å². The van der Waals surface area contributed by atoms with E-state index >= 15 is 0 Å². The molecule has 1 amide bonds. The van der Waals surface area contributed by atoms with Crippen LogP contribution in [0.1, 0.15) is 24.8 Å². The summed E-state index contributed by atoms with van der Waals surface area (Å²) >= 11 is 5.77. The molecule has 0 saturated carbocycles. The lowest BCUT2D eigenvalue weighted by molar-refractivity contribution is -0.118. The molecule has 0 spiro atoms. The molecule has 4 nitrogen and oxygen atoms in total. The number of nitrogens with one attached hydrogen (secondary N) is 2. The number of carbonyl (C=O) groups excluding carboxylic acids is 1. The molecule has 1 aromatic heterocycles. The summed E-state index contributed by atoms with van der Waals surface area (Å²) in [6, 6.07) is 1.66. The number of halogens is 1. The Bertz CT molecular complexity index is 416. The number of aromatic nitrogens is 1. The summed E-state index contributed by atoms with van der Waals surface area (Å²) in [5.41, 5.74) is 1.65. The van der Waals surface area contributed by atoms with Gasteiger partial charge in [0.2, 0.25) is 5.91 Å². The zero-order valence-electron chi connectivity index (χ0n) is 9.79. The third-order valence-corrected chi connectivity index (χ3v) is 3.17. The Hall–Kier alpha value is -1.13. The van der Waals surface area contributed by atoms with Crippen molar-refractivity contribution < 1.29 is 4.79 Å². The summed E-state index contributed by atoms with van der Waals surface area (Å²) in [5.74, 6) is 0.0110. The number of hydrogen-bond donors (Lipinski definition) is 2. The van der Waals surface area contributed by atoms with Crippen molar-refractivity contribution in [3.05, 3.63) is 23.0 Å². The van der Waals surface area contributed by atoms with E-state index in [-0.39, 0.29) is 11.9 Å². The Balaban J connectivity index is 2.02. The van der Waals surface area contributed by atoms with E-state index < -0.39 is 0 Å². The van der Waals surface area contributed by atoms with Gasteiger partial charge in [-0.3, -0.25) is 4.79 Å². The Kier molecular flexibility index (Phi) is 3.97. The quantitative estimate of drug-likeness (QED) is 0.794.